The Morgan fingerprint density at radius 3 is 2.57 bits per heavy atom. The van der Waals surface area contributed by atoms with Gasteiger partial charge in [0.05, 0.1) is 11.3 Å². The van der Waals surface area contributed by atoms with Crippen LogP contribution in [0.25, 0.3) is 0 Å². The van der Waals surface area contributed by atoms with E-state index in [1.165, 1.54) is 0 Å². The van der Waals surface area contributed by atoms with Gasteiger partial charge in [0.15, 0.2) is 0 Å². The molecule has 2 aromatic rings. The zero-order chi connectivity index (χ0) is 15.4. The largest absolute Gasteiger partial charge is 0.339 e. The summed E-state index contributed by atoms with van der Waals surface area (Å²) in [5, 5.41) is 12.3. The Morgan fingerprint density at radius 1 is 1.24 bits per heavy atom. The van der Waals surface area contributed by atoms with Gasteiger partial charge >= 0.3 is 0 Å². The lowest BCUT2D eigenvalue weighted by molar-refractivity contribution is 0.777. The van der Waals surface area contributed by atoms with Gasteiger partial charge in [-0.15, -0.1) is 0 Å². The first kappa shape index (κ1) is 15.2. The van der Waals surface area contributed by atoms with Crippen molar-refractivity contribution in [1.82, 2.24) is 9.97 Å². The predicted octanol–water partition coefficient (Wildman–Crippen LogP) is 3.26. The number of hydrazine groups is 1. The zero-order valence-electron chi connectivity index (χ0n) is 11.7. The van der Waals surface area contributed by atoms with E-state index in [0.29, 0.717) is 28.7 Å². The minimum absolute atomic E-state index is 0.164. The lowest BCUT2D eigenvalue weighted by atomic mass is 10.2. The van der Waals surface area contributed by atoms with Crippen LogP contribution in [0.2, 0.25) is 0 Å². The van der Waals surface area contributed by atoms with Gasteiger partial charge in [-0.1, -0.05) is 29.8 Å². The predicted molar refractivity (Wildman–Crippen MR) is 86.1 cm³/mol. The van der Waals surface area contributed by atoms with Crippen LogP contribution in [0.3, 0.4) is 0 Å². The molecule has 2 rings (SSSR count). The maximum absolute atomic E-state index is 9.16. The number of nitrogen functional groups attached to an aromatic ring is 1. The smallest absolute Gasteiger partial charge is 0.145 e. The number of nitrogens with zero attached hydrogens (tertiary/aromatic N) is 3. The summed E-state index contributed by atoms with van der Waals surface area (Å²) in [4.78, 5) is 8.73. The molecule has 0 aliphatic carbocycles. The minimum Gasteiger partial charge on any atom is -0.339 e. The summed E-state index contributed by atoms with van der Waals surface area (Å²) in [5.41, 5.74) is 3.73. The minimum atomic E-state index is 0.164. The van der Waals surface area contributed by atoms with Crippen LogP contribution in [-0.2, 0) is 0 Å². The Kier molecular flexibility index (Phi) is 4.73. The van der Waals surface area contributed by atoms with E-state index in [1.54, 1.807) is 12.1 Å². The number of benzene rings is 1. The topological polar surface area (TPSA) is 99.6 Å². The molecule has 0 atom stereocenters. The molecule has 0 amide bonds. The van der Waals surface area contributed by atoms with Gasteiger partial charge in [-0.3, -0.25) is 0 Å². The molecule has 0 aliphatic heterocycles. The first-order chi connectivity index (χ1) is 10.0. The second kappa shape index (κ2) is 6.52. The van der Waals surface area contributed by atoms with E-state index in [9.17, 15) is 0 Å². The van der Waals surface area contributed by atoms with Gasteiger partial charge in [-0.25, -0.2) is 15.8 Å². The molecule has 0 bridgehead atoms. The molecule has 0 radical (unpaired) electrons. The standard InChI is InChI=1S/C14H15BrN6/c1-8(2)14-19-12(6-13(20-14)21-17)18-11-5-10(15)4-3-9(11)7-16/h3-6,8H,17H2,1-2H3,(H2,18,19,20,21). The van der Waals surface area contributed by atoms with Crippen molar-refractivity contribution in [2.75, 3.05) is 10.7 Å². The second-order valence-electron chi connectivity index (χ2n) is 4.72. The summed E-state index contributed by atoms with van der Waals surface area (Å²) in [6, 6.07) is 9.21. The van der Waals surface area contributed by atoms with Gasteiger partial charge in [0, 0.05) is 16.5 Å². The molecule has 108 valence electrons. The van der Waals surface area contributed by atoms with Crippen LogP contribution in [-0.4, -0.2) is 9.97 Å². The maximum atomic E-state index is 9.16. The second-order valence-corrected chi connectivity index (χ2v) is 5.64. The van der Waals surface area contributed by atoms with Crippen LogP contribution in [0, 0.1) is 11.3 Å². The highest BCUT2D eigenvalue weighted by molar-refractivity contribution is 9.10. The summed E-state index contributed by atoms with van der Waals surface area (Å²) in [6.07, 6.45) is 0. The molecule has 6 nitrogen and oxygen atoms in total. The summed E-state index contributed by atoms with van der Waals surface area (Å²) < 4.78 is 0.874. The third-order valence-electron chi connectivity index (χ3n) is 2.77. The van der Waals surface area contributed by atoms with Gasteiger partial charge in [0.1, 0.15) is 23.5 Å². The molecule has 21 heavy (non-hydrogen) atoms. The molecule has 0 unspecified atom stereocenters. The van der Waals surface area contributed by atoms with E-state index in [0.717, 1.165) is 4.47 Å². The average Bonchev–Trinajstić information content (AvgIpc) is 2.47. The zero-order valence-corrected chi connectivity index (χ0v) is 13.3. The molecular weight excluding hydrogens is 332 g/mol. The van der Waals surface area contributed by atoms with E-state index in [1.807, 2.05) is 26.0 Å². The number of halogens is 1. The van der Waals surface area contributed by atoms with Crippen LogP contribution in [0.4, 0.5) is 17.3 Å². The lowest BCUT2D eigenvalue weighted by Gasteiger charge is -2.12. The van der Waals surface area contributed by atoms with Crippen molar-refractivity contribution in [1.29, 1.82) is 5.26 Å². The van der Waals surface area contributed by atoms with Gasteiger partial charge in [0.2, 0.25) is 0 Å². The molecule has 0 saturated carbocycles. The van der Waals surface area contributed by atoms with Crippen molar-refractivity contribution in [2.45, 2.75) is 19.8 Å². The van der Waals surface area contributed by atoms with Gasteiger partial charge in [-0.05, 0) is 18.2 Å². The maximum Gasteiger partial charge on any atom is 0.145 e. The van der Waals surface area contributed by atoms with E-state index in [-0.39, 0.29) is 5.92 Å². The third-order valence-corrected chi connectivity index (χ3v) is 3.27. The number of nitrogens with one attached hydrogen (secondary N) is 2. The molecule has 1 heterocycles. The lowest BCUT2D eigenvalue weighted by Crippen LogP contribution is -2.12. The van der Waals surface area contributed by atoms with Crippen LogP contribution < -0.4 is 16.6 Å². The summed E-state index contributed by atoms with van der Waals surface area (Å²) in [6.45, 7) is 4.00. The van der Waals surface area contributed by atoms with Crippen molar-refractivity contribution in [3.05, 3.63) is 40.1 Å². The Labute approximate surface area is 131 Å². The summed E-state index contributed by atoms with van der Waals surface area (Å²) in [5.74, 6) is 7.36. The van der Waals surface area contributed by atoms with Crippen molar-refractivity contribution >= 4 is 33.3 Å². The van der Waals surface area contributed by atoms with E-state index < -0.39 is 0 Å². The Bertz CT molecular complexity index is 692. The van der Waals surface area contributed by atoms with Crippen LogP contribution >= 0.6 is 15.9 Å². The number of hydrogen-bond acceptors (Lipinski definition) is 6. The Balaban J connectivity index is 2.42. The van der Waals surface area contributed by atoms with Crippen LogP contribution in [0.15, 0.2) is 28.7 Å². The number of hydrogen-bond donors (Lipinski definition) is 3. The fraction of sp³-hybridized carbons (Fsp3) is 0.214. The molecule has 0 aliphatic rings. The fourth-order valence-electron chi connectivity index (χ4n) is 1.72. The number of rotatable bonds is 4. The monoisotopic (exact) mass is 346 g/mol. The van der Waals surface area contributed by atoms with Crippen LogP contribution in [0.5, 0.6) is 0 Å². The first-order valence-corrected chi connectivity index (χ1v) is 7.15. The SMILES string of the molecule is CC(C)c1nc(NN)cc(Nc2cc(Br)ccc2C#N)n1. The molecular formula is C14H15BrN6. The molecule has 1 aromatic carbocycles. The molecule has 4 N–H and O–H groups in total. The Hall–Kier alpha value is -2.17. The fourth-order valence-corrected chi connectivity index (χ4v) is 2.08. The summed E-state index contributed by atoms with van der Waals surface area (Å²) in [7, 11) is 0. The van der Waals surface area contributed by atoms with Gasteiger partial charge in [-0.2, -0.15) is 5.26 Å². The van der Waals surface area contributed by atoms with Gasteiger partial charge in [0.25, 0.3) is 0 Å². The van der Waals surface area contributed by atoms with E-state index in [2.05, 4.69) is 42.7 Å². The number of aromatic nitrogens is 2. The molecule has 0 fully saturated rings. The normalized spacial score (nSPS) is 10.3. The first-order valence-electron chi connectivity index (χ1n) is 6.35. The number of nitrogens with two attached hydrogens (primary N) is 1. The Morgan fingerprint density at radius 2 is 1.95 bits per heavy atom. The molecule has 1 aromatic heterocycles. The highest BCUT2D eigenvalue weighted by Crippen LogP contribution is 2.25. The van der Waals surface area contributed by atoms with E-state index >= 15 is 0 Å². The van der Waals surface area contributed by atoms with Crippen molar-refractivity contribution in [3.8, 4) is 6.07 Å². The highest BCUT2D eigenvalue weighted by atomic mass is 79.9. The van der Waals surface area contributed by atoms with Crippen molar-refractivity contribution in [2.24, 2.45) is 5.84 Å². The highest BCUT2D eigenvalue weighted by Gasteiger charge is 2.10. The average molecular weight is 347 g/mol. The summed E-state index contributed by atoms with van der Waals surface area (Å²) >= 11 is 3.39. The quantitative estimate of drug-likeness (QED) is 0.580. The van der Waals surface area contributed by atoms with Crippen molar-refractivity contribution in [3.63, 3.8) is 0 Å². The van der Waals surface area contributed by atoms with Crippen LogP contribution in [0.1, 0.15) is 31.2 Å². The number of anilines is 3. The molecule has 0 spiro atoms. The van der Waals surface area contributed by atoms with E-state index in [4.69, 9.17) is 11.1 Å². The molecule has 7 heteroatoms. The van der Waals surface area contributed by atoms with Gasteiger partial charge < -0.3 is 10.7 Å². The third kappa shape index (κ3) is 3.68. The molecule has 0 saturated heterocycles. The van der Waals surface area contributed by atoms with Crippen molar-refractivity contribution < 1.29 is 0 Å². The number of nitriles is 1.